The summed E-state index contributed by atoms with van der Waals surface area (Å²) in [6.07, 6.45) is 1.97. The van der Waals surface area contributed by atoms with Gasteiger partial charge < -0.3 is 20.6 Å². The highest BCUT2D eigenvalue weighted by molar-refractivity contribution is 7.85. The Morgan fingerprint density at radius 1 is 1.15 bits per heavy atom. The molecule has 4 rings (SSSR count). The van der Waals surface area contributed by atoms with Crippen molar-refractivity contribution < 1.29 is 36.5 Å². The number of nitrogens with zero attached hydrogens (tertiary/aromatic N) is 2. The highest BCUT2D eigenvalue weighted by Gasteiger charge is 2.53. The summed E-state index contributed by atoms with van der Waals surface area (Å²) in [5, 5.41) is 16.3. The maximum absolute atomic E-state index is 14.6. The summed E-state index contributed by atoms with van der Waals surface area (Å²) in [6, 6.07) is 5.28. The van der Waals surface area contributed by atoms with Crippen LogP contribution in [0.2, 0.25) is 0 Å². The van der Waals surface area contributed by atoms with Gasteiger partial charge in [0.15, 0.2) is 5.67 Å². The number of benzene rings is 1. The lowest BCUT2D eigenvalue weighted by Crippen LogP contribution is -2.59. The highest BCUT2D eigenvalue weighted by atomic mass is 32.2. The zero-order valence-electron chi connectivity index (χ0n) is 27.9. The van der Waals surface area contributed by atoms with Crippen molar-refractivity contribution in [2.24, 2.45) is 11.3 Å². The summed E-state index contributed by atoms with van der Waals surface area (Å²) in [5.74, 6) is -1.74. The van der Waals surface area contributed by atoms with E-state index in [0.29, 0.717) is 19.3 Å². The minimum absolute atomic E-state index is 0.0188. The molecule has 2 aromatic rings. The Labute approximate surface area is 280 Å². The number of aromatic nitrogens is 1. The summed E-state index contributed by atoms with van der Waals surface area (Å²) in [4.78, 5) is 47.1. The molecular weight excluding hydrogens is 648 g/mol. The number of thiazole rings is 1. The van der Waals surface area contributed by atoms with E-state index in [9.17, 15) is 32.3 Å². The van der Waals surface area contributed by atoms with Gasteiger partial charge in [-0.2, -0.15) is 8.42 Å². The summed E-state index contributed by atoms with van der Waals surface area (Å²) >= 11 is 1.54. The first kappa shape index (κ1) is 36.9. The Morgan fingerprint density at radius 2 is 1.81 bits per heavy atom. The van der Waals surface area contributed by atoms with Crippen molar-refractivity contribution in [3.8, 4) is 10.4 Å². The fourth-order valence-corrected chi connectivity index (χ4v) is 6.96. The Hall–Kier alpha value is -2.94. The third kappa shape index (κ3) is 9.80. The lowest BCUT2D eigenvalue weighted by molar-refractivity contribution is -0.145. The maximum Gasteiger partial charge on any atom is 0.264 e. The van der Waals surface area contributed by atoms with E-state index in [2.05, 4.69) is 15.6 Å². The van der Waals surface area contributed by atoms with Crippen molar-refractivity contribution >= 4 is 39.2 Å². The van der Waals surface area contributed by atoms with Gasteiger partial charge in [0.25, 0.3) is 16.0 Å². The molecule has 260 valence electrons. The highest BCUT2D eigenvalue weighted by Crippen LogP contribution is 2.40. The quantitative estimate of drug-likeness (QED) is 0.250. The molecule has 0 unspecified atom stereocenters. The molecule has 1 aliphatic carbocycles. The van der Waals surface area contributed by atoms with E-state index in [1.807, 2.05) is 38.1 Å². The van der Waals surface area contributed by atoms with Gasteiger partial charge in [-0.15, -0.1) is 11.3 Å². The van der Waals surface area contributed by atoms with Crippen LogP contribution in [0.5, 0.6) is 0 Å². The molecule has 1 saturated carbocycles. The topological polar surface area (TPSA) is 155 Å². The average Bonchev–Trinajstić information content (AvgIpc) is 3.39. The normalized spacial score (nSPS) is 21.1. The molecule has 5 atom stereocenters. The number of halogens is 1. The molecule has 1 saturated heterocycles. The second kappa shape index (κ2) is 14.7. The number of rotatable bonds is 14. The van der Waals surface area contributed by atoms with Gasteiger partial charge in [-0.05, 0) is 61.5 Å². The first-order valence-corrected chi connectivity index (χ1v) is 18.7. The van der Waals surface area contributed by atoms with Gasteiger partial charge >= 0.3 is 0 Å². The molecule has 1 aromatic carbocycles. The van der Waals surface area contributed by atoms with Crippen molar-refractivity contribution in [1.29, 1.82) is 0 Å². The first-order chi connectivity index (χ1) is 21.9. The number of β-amino-alcohol motifs (C(OH)–C–C–N with tert-alkyl or cyclic N) is 1. The number of nitrogens with one attached hydrogen (secondary N) is 2. The molecule has 0 bridgehead atoms. The fraction of sp³-hybridized carbons (Fsp3) is 0.636. The monoisotopic (exact) mass is 694 g/mol. The van der Waals surface area contributed by atoms with Crippen LogP contribution >= 0.6 is 11.3 Å². The number of aliphatic hydroxyl groups excluding tert-OH is 1. The predicted octanol–water partition coefficient (Wildman–Crippen LogP) is 4.05. The van der Waals surface area contributed by atoms with Crippen LogP contribution in [0.1, 0.15) is 83.5 Å². The summed E-state index contributed by atoms with van der Waals surface area (Å²) in [7, 11) is -3.54. The van der Waals surface area contributed by atoms with Gasteiger partial charge in [0, 0.05) is 13.0 Å². The molecule has 1 aromatic heterocycles. The van der Waals surface area contributed by atoms with E-state index in [0.717, 1.165) is 28.0 Å². The summed E-state index contributed by atoms with van der Waals surface area (Å²) < 4.78 is 42.2. The number of amides is 3. The zero-order valence-corrected chi connectivity index (χ0v) is 29.5. The Kier molecular flexibility index (Phi) is 11.5. The van der Waals surface area contributed by atoms with Gasteiger partial charge in [0.1, 0.15) is 12.1 Å². The standard InChI is InChI=1S/C33H47FN4O7S2/c1-20(13-16-45-47(6,43)44)7-12-25(22-8-10-23(11-9-22)27-21(2)35-19-46-27)36-29(40)26-17-24(39)18-38(26)30(41)28(32(3,4)5)37-31(42)33(34)14-15-33/h8-11,19-20,24-26,28,39H,7,12-18H2,1-6H3,(H,36,40)(H,37,42)/t20-,24-,25+,26+,28-/m1/s1. The van der Waals surface area contributed by atoms with Gasteiger partial charge in [-0.25, -0.2) is 9.37 Å². The van der Waals surface area contributed by atoms with Gasteiger partial charge in [-0.3, -0.25) is 18.6 Å². The van der Waals surface area contributed by atoms with Crippen LogP contribution in [-0.4, -0.2) is 84.4 Å². The Bertz CT molecular complexity index is 1540. The smallest absolute Gasteiger partial charge is 0.264 e. The Morgan fingerprint density at radius 3 is 2.36 bits per heavy atom. The summed E-state index contributed by atoms with van der Waals surface area (Å²) in [5.41, 5.74) is 1.79. The van der Waals surface area contributed by atoms with Crippen LogP contribution in [0.3, 0.4) is 0 Å². The van der Waals surface area contributed by atoms with E-state index in [1.165, 1.54) is 16.2 Å². The van der Waals surface area contributed by atoms with Gasteiger partial charge in [-0.1, -0.05) is 52.0 Å². The predicted molar refractivity (Wildman–Crippen MR) is 178 cm³/mol. The van der Waals surface area contributed by atoms with Crippen molar-refractivity contribution in [2.45, 2.75) is 103 Å². The maximum atomic E-state index is 14.6. The third-order valence-corrected chi connectivity index (χ3v) is 10.4. The van der Waals surface area contributed by atoms with Crippen LogP contribution in [0.4, 0.5) is 4.39 Å². The lowest BCUT2D eigenvalue weighted by atomic mass is 9.85. The van der Waals surface area contributed by atoms with Crippen LogP contribution in [0.15, 0.2) is 29.8 Å². The molecular formula is C33H47FN4O7S2. The molecule has 2 heterocycles. The fourth-order valence-electron chi connectivity index (χ4n) is 5.75. The molecule has 1 aliphatic heterocycles. The van der Waals surface area contributed by atoms with Crippen molar-refractivity contribution in [2.75, 3.05) is 19.4 Å². The molecule has 2 aliphatic rings. The number of likely N-dealkylation sites (tertiary alicyclic amines) is 1. The van der Waals surface area contributed by atoms with Crippen molar-refractivity contribution in [3.63, 3.8) is 0 Å². The van der Waals surface area contributed by atoms with Crippen molar-refractivity contribution in [3.05, 3.63) is 41.0 Å². The Balaban J connectivity index is 1.52. The largest absolute Gasteiger partial charge is 0.391 e. The number of hydrogen-bond donors (Lipinski definition) is 3. The second-order valence-corrected chi connectivity index (χ2v) is 16.6. The third-order valence-electron chi connectivity index (χ3n) is 8.84. The van der Waals surface area contributed by atoms with E-state index >= 15 is 0 Å². The van der Waals surface area contributed by atoms with E-state index in [4.69, 9.17) is 4.18 Å². The van der Waals surface area contributed by atoms with Crippen LogP contribution in [0, 0.1) is 18.3 Å². The lowest BCUT2D eigenvalue weighted by Gasteiger charge is -2.36. The molecule has 0 radical (unpaired) electrons. The molecule has 3 amide bonds. The van der Waals surface area contributed by atoms with Crippen LogP contribution < -0.4 is 10.6 Å². The van der Waals surface area contributed by atoms with Crippen molar-refractivity contribution in [1.82, 2.24) is 20.5 Å². The molecule has 0 spiro atoms. The van der Waals surface area contributed by atoms with Crippen LogP contribution in [-0.2, 0) is 28.7 Å². The average molecular weight is 695 g/mol. The van der Waals surface area contributed by atoms with E-state index in [-0.39, 0.29) is 38.3 Å². The molecule has 2 fully saturated rings. The SMILES string of the molecule is Cc1ncsc1-c1ccc([C@H](CC[C@@H](C)CCOS(C)(=O)=O)NC(=O)[C@@H]2C[C@@H](O)CN2C(=O)[C@@H](NC(=O)C2(F)CC2)C(C)(C)C)cc1. The number of aryl methyl sites for hydroxylation is 1. The minimum Gasteiger partial charge on any atom is -0.391 e. The number of carbonyl (C=O) groups is 3. The zero-order chi connectivity index (χ0) is 34.7. The number of carbonyl (C=O) groups excluding carboxylic acids is 3. The van der Waals surface area contributed by atoms with Crippen LogP contribution in [0.25, 0.3) is 10.4 Å². The number of alkyl halides is 1. The van der Waals surface area contributed by atoms with E-state index < -0.39 is 63.2 Å². The number of aliphatic hydroxyl groups is 1. The van der Waals surface area contributed by atoms with Gasteiger partial charge in [0.05, 0.1) is 41.1 Å². The van der Waals surface area contributed by atoms with E-state index in [1.54, 1.807) is 26.3 Å². The first-order valence-electron chi connectivity index (χ1n) is 16.0. The number of hydrogen-bond acceptors (Lipinski definition) is 9. The molecule has 3 N–H and O–H groups in total. The summed E-state index contributed by atoms with van der Waals surface area (Å²) in [6.45, 7) is 9.16. The molecule has 47 heavy (non-hydrogen) atoms. The van der Waals surface area contributed by atoms with Gasteiger partial charge in [0.2, 0.25) is 11.8 Å². The molecule has 11 nitrogen and oxygen atoms in total. The minimum atomic E-state index is -3.54. The second-order valence-electron chi connectivity index (χ2n) is 14.1. The molecule has 14 heteroatoms.